The van der Waals surface area contributed by atoms with Gasteiger partial charge in [0.05, 0.1) is 37.5 Å². The molecular formula is C23H28NO4+. The zero-order valence-electron chi connectivity index (χ0n) is 17.0. The van der Waals surface area contributed by atoms with Crippen LogP contribution in [0.5, 0.6) is 11.5 Å². The molecule has 1 N–H and O–H groups in total. The van der Waals surface area contributed by atoms with Gasteiger partial charge in [0.1, 0.15) is 23.5 Å². The van der Waals surface area contributed by atoms with Gasteiger partial charge in [0.15, 0.2) is 11.5 Å². The van der Waals surface area contributed by atoms with E-state index in [1.54, 1.807) is 26.0 Å². The van der Waals surface area contributed by atoms with Gasteiger partial charge in [0.2, 0.25) is 0 Å². The Hall–Kier alpha value is -1.85. The van der Waals surface area contributed by atoms with Gasteiger partial charge in [-0.25, -0.2) is 0 Å². The minimum Gasteiger partial charge on any atom is -0.493 e. The van der Waals surface area contributed by atoms with E-state index < -0.39 is 5.60 Å². The van der Waals surface area contributed by atoms with Crippen molar-refractivity contribution in [2.45, 2.75) is 49.3 Å². The summed E-state index contributed by atoms with van der Waals surface area (Å²) in [6.45, 7) is 2.83. The van der Waals surface area contributed by atoms with Crippen LogP contribution in [-0.4, -0.2) is 51.3 Å². The fourth-order valence-corrected chi connectivity index (χ4v) is 7.83. The number of ether oxygens (including phenoxy) is 3. The number of likely N-dealkylation sites (tertiary alicyclic amines) is 1. The average Bonchev–Trinajstić information content (AvgIpc) is 3.07. The maximum Gasteiger partial charge on any atom is 0.166 e. The van der Waals surface area contributed by atoms with Crippen molar-refractivity contribution in [3.05, 3.63) is 35.4 Å². The van der Waals surface area contributed by atoms with E-state index in [2.05, 4.69) is 25.3 Å². The molecule has 4 aliphatic carbocycles. The molecule has 6 aliphatic rings. The number of carbonyl (C=O) groups is 1. The number of hydrogen-bond donors (Lipinski definition) is 1. The Morgan fingerprint density at radius 1 is 1.29 bits per heavy atom. The van der Waals surface area contributed by atoms with Crippen LogP contribution in [0.3, 0.4) is 0 Å². The average molecular weight is 382 g/mol. The lowest BCUT2D eigenvalue weighted by Gasteiger charge is -2.69. The second-order valence-electron chi connectivity index (χ2n) is 9.50. The molecule has 1 aromatic carbocycles. The summed E-state index contributed by atoms with van der Waals surface area (Å²) in [5.74, 6) is 1.72. The Labute approximate surface area is 165 Å². The first kappa shape index (κ1) is 17.0. The molecule has 1 aromatic rings. The van der Waals surface area contributed by atoms with Gasteiger partial charge in [0.25, 0.3) is 0 Å². The van der Waals surface area contributed by atoms with Crippen LogP contribution in [0.25, 0.3) is 0 Å². The van der Waals surface area contributed by atoms with Crippen LogP contribution in [0.2, 0.25) is 0 Å². The Kier molecular flexibility index (Phi) is 3.05. The Morgan fingerprint density at radius 2 is 2.11 bits per heavy atom. The van der Waals surface area contributed by atoms with Crippen molar-refractivity contribution in [3.63, 3.8) is 0 Å². The molecule has 0 amide bonds. The number of methoxy groups -OCH3 is 2. The lowest BCUT2D eigenvalue weighted by atomic mass is 9.37. The van der Waals surface area contributed by atoms with E-state index in [0.29, 0.717) is 6.04 Å². The van der Waals surface area contributed by atoms with Crippen LogP contribution in [0.4, 0.5) is 0 Å². The van der Waals surface area contributed by atoms with Gasteiger partial charge in [-0.3, -0.25) is 4.79 Å². The number of fused-ring (bicyclic) bond motifs is 1. The summed E-state index contributed by atoms with van der Waals surface area (Å²) in [5, 5.41) is 0. The molecule has 2 fully saturated rings. The quantitative estimate of drug-likeness (QED) is 0.795. The summed E-state index contributed by atoms with van der Waals surface area (Å²) in [6, 6.07) is 4.73. The van der Waals surface area contributed by atoms with Gasteiger partial charge in [-0.15, -0.1) is 0 Å². The van der Waals surface area contributed by atoms with Crippen molar-refractivity contribution in [2.75, 3.05) is 27.8 Å². The molecule has 2 spiro atoms. The lowest BCUT2D eigenvalue weighted by molar-refractivity contribution is -0.923. The van der Waals surface area contributed by atoms with Crippen molar-refractivity contribution in [3.8, 4) is 11.5 Å². The number of benzene rings is 1. The Morgan fingerprint density at radius 3 is 2.82 bits per heavy atom. The second-order valence-corrected chi connectivity index (χ2v) is 9.50. The SMILES string of the molecule is COc1ccc2c3c1O[C@H]1[C@@]4(OC)C=C[C@@]5(C[C@@H]4C(C)=O)[C@@H](C2)[NH+](C)CC[C@]315. The summed E-state index contributed by atoms with van der Waals surface area (Å²) in [4.78, 5) is 14.4. The lowest BCUT2D eigenvalue weighted by Crippen LogP contribution is -3.18. The highest BCUT2D eigenvalue weighted by Crippen LogP contribution is 2.73. The van der Waals surface area contributed by atoms with Gasteiger partial charge in [-0.05, 0) is 25.0 Å². The molecule has 7 atom stereocenters. The first-order chi connectivity index (χ1) is 13.4. The summed E-state index contributed by atoms with van der Waals surface area (Å²) >= 11 is 0. The summed E-state index contributed by atoms with van der Waals surface area (Å²) < 4.78 is 18.7. The third-order valence-electron chi connectivity index (χ3n) is 8.92. The molecule has 5 nitrogen and oxygen atoms in total. The van der Waals surface area contributed by atoms with Crippen LogP contribution in [-0.2, 0) is 21.4 Å². The molecule has 1 saturated heterocycles. The highest BCUT2D eigenvalue weighted by atomic mass is 16.6. The molecule has 0 radical (unpaired) electrons. The van der Waals surface area contributed by atoms with Gasteiger partial charge in [-0.2, -0.15) is 0 Å². The zero-order valence-corrected chi connectivity index (χ0v) is 17.0. The molecular weight excluding hydrogens is 354 g/mol. The molecule has 7 rings (SSSR count). The number of hydrogen-bond acceptors (Lipinski definition) is 4. The fourth-order valence-electron chi connectivity index (χ4n) is 7.83. The third kappa shape index (κ3) is 1.49. The Balaban J connectivity index is 1.72. The number of Topliss-reactive ketones (excluding diaryl/α,β-unsaturated/α-hetero) is 1. The van der Waals surface area contributed by atoms with Gasteiger partial charge in [0, 0.05) is 25.5 Å². The molecule has 5 heteroatoms. The first-order valence-corrected chi connectivity index (χ1v) is 10.4. The van der Waals surface area contributed by atoms with Crippen molar-refractivity contribution >= 4 is 5.78 Å². The molecule has 2 heterocycles. The molecule has 28 heavy (non-hydrogen) atoms. The highest BCUT2D eigenvalue weighted by Gasteiger charge is 2.80. The molecule has 0 aromatic heterocycles. The van der Waals surface area contributed by atoms with E-state index in [9.17, 15) is 4.79 Å². The fraction of sp³-hybridized carbons (Fsp3) is 0.609. The minimum atomic E-state index is -0.706. The molecule has 4 bridgehead atoms. The highest BCUT2D eigenvalue weighted by molar-refractivity contribution is 5.82. The van der Waals surface area contributed by atoms with E-state index in [4.69, 9.17) is 14.2 Å². The molecule has 1 saturated carbocycles. The third-order valence-corrected chi connectivity index (χ3v) is 8.92. The number of nitrogens with one attached hydrogen (secondary N) is 1. The maximum absolute atomic E-state index is 12.8. The van der Waals surface area contributed by atoms with Gasteiger partial charge < -0.3 is 19.1 Å². The van der Waals surface area contributed by atoms with Crippen LogP contribution in [0.1, 0.15) is 30.9 Å². The molecule has 2 aliphatic heterocycles. The summed E-state index contributed by atoms with van der Waals surface area (Å²) in [6.07, 6.45) is 7.34. The van der Waals surface area contributed by atoms with Gasteiger partial charge in [-0.1, -0.05) is 18.2 Å². The van der Waals surface area contributed by atoms with Crippen molar-refractivity contribution in [1.29, 1.82) is 0 Å². The van der Waals surface area contributed by atoms with Crippen LogP contribution in [0.15, 0.2) is 24.3 Å². The van der Waals surface area contributed by atoms with Crippen molar-refractivity contribution < 1.29 is 23.9 Å². The first-order valence-electron chi connectivity index (χ1n) is 10.4. The summed E-state index contributed by atoms with van der Waals surface area (Å²) in [7, 11) is 5.76. The van der Waals surface area contributed by atoms with E-state index in [0.717, 1.165) is 37.3 Å². The maximum atomic E-state index is 12.8. The van der Waals surface area contributed by atoms with Crippen molar-refractivity contribution in [1.82, 2.24) is 0 Å². The van der Waals surface area contributed by atoms with Crippen LogP contribution in [0, 0.1) is 11.3 Å². The number of piperidine rings is 1. The van der Waals surface area contributed by atoms with Crippen LogP contribution < -0.4 is 14.4 Å². The van der Waals surface area contributed by atoms with Crippen LogP contribution >= 0.6 is 0 Å². The van der Waals surface area contributed by atoms with Crippen molar-refractivity contribution in [2.24, 2.45) is 11.3 Å². The number of rotatable bonds is 3. The number of ketones is 1. The second kappa shape index (κ2) is 5.00. The minimum absolute atomic E-state index is 0.0682. The predicted molar refractivity (Wildman–Crippen MR) is 103 cm³/mol. The monoisotopic (exact) mass is 382 g/mol. The number of carbonyl (C=O) groups excluding carboxylic acids is 1. The van der Waals surface area contributed by atoms with Gasteiger partial charge >= 0.3 is 0 Å². The molecule has 1 unspecified atom stereocenters. The normalized spacial score (nSPS) is 46.1. The van der Waals surface area contributed by atoms with E-state index >= 15 is 0 Å². The standard InChI is InChI=1S/C23H27NO4/c1-13(25)15-12-21-7-8-23(15,27-4)20-22(21)9-10-24(2)17(21)11-14-5-6-16(26-3)19(28-20)18(14)22/h5-8,15,17,20H,9-12H2,1-4H3/p+1/t15-,17-,20-,21-,22+,23-/m1/s1. The summed E-state index contributed by atoms with van der Waals surface area (Å²) in [5.41, 5.74) is 1.82. The van der Waals surface area contributed by atoms with E-state index in [1.165, 1.54) is 11.1 Å². The van der Waals surface area contributed by atoms with E-state index in [1.807, 2.05) is 6.07 Å². The topological polar surface area (TPSA) is 49.2 Å². The van der Waals surface area contributed by atoms with E-state index in [-0.39, 0.29) is 28.6 Å². The number of quaternary nitrogens is 1. The largest absolute Gasteiger partial charge is 0.493 e. The molecule has 148 valence electrons. The zero-order chi connectivity index (χ0) is 19.5. The smallest absolute Gasteiger partial charge is 0.166 e. The Bertz CT molecular complexity index is 941. The number of likely N-dealkylation sites (N-methyl/N-ethyl adjacent to an activating group) is 1. The predicted octanol–water partition coefficient (Wildman–Crippen LogP) is 1.09.